The second-order valence-corrected chi connectivity index (χ2v) is 6.87. The Morgan fingerprint density at radius 1 is 1.42 bits per heavy atom. The van der Waals surface area contributed by atoms with Gasteiger partial charge in [-0.2, -0.15) is 0 Å². The quantitative estimate of drug-likeness (QED) is 0.779. The molecule has 0 bridgehead atoms. The molecule has 0 fully saturated rings. The molecule has 0 aliphatic carbocycles. The van der Waals surface area contributed by atoms with Crippen LogP contribution < -0.4 is 5.32 Å². The fraction of sp³-hybridized carbons (Fsp3) is 0.357. The van der Waals surface area contributed by atoms with E-state index in [9.17, 15) is 0 Å². The lowest BCUT2D eigenvalue weighted by molar-refractivity contribution is 0.669. The minimum absolute atomic E-state index is 0.773. The fourth-order valence-electron chi connectivity index (χ4n) is 1.64. The fourth-order valence-corrected chi connectivity index (χ4v) is 3.84. The van der Waals surface area contributed by atoms with E-state index in [0.717, 1.165) is 34.6 Å². The molecule has 2 aromatic rings. The largest absolute Gasteiger partial charge is 0.313 e. The van der Waals surface area contributed by atoms with Gasteiger partial charge in [-0.3, -0.25) is 0 Å². The molecule has 1 N–H and O–H groups in total. The van der Waals surface area contributed by atoms with Crippen molar-refractivity contribution in [3.05, 3.63) is 39.9 Å². The molecule has 0 unspecified atom stereocenters. The Balaban J connectivity index is 2.14. The van der Waals surface area contributed by atoms with Crippen molar-refractivity contribution in [2.45, 2.75) is 36.0 Å². The summed E-state index contributed by atoms with van der Waals surface area (Å²) in [5.74, 6) is 0. The molecule has 0 saturated heterocycles. The first-order chi connectivity index (χ1) is 9.19. The van der Waals surface area contributed by atoms with E-state index in [0.29, 0.717) is 0 Å². The molecule has 0 atom stereocenters. The Kier molecular flexibility index (Phi) is 5.70. The molecule has 1 aromatic carbocycles. The highest BCUT2D eigenvalue weighted by Crippen LogP contribution is 2.34. The van der Waals surface area contributed by atoms with Crippen LogP contribution in [0.5, 0.6) is 0 Å². The van der Waals surface area contributed by atoms with E-state index in [2.05, 4.69) is 28.7 Å². The lowest BCUT2D eigenvalue weighted by Crippen LogP contribution is -2.14. The van der Waals surface area contributed by atoms with Crippen LogP contribution in [0, 0.1) is 6.92 Å². The van der Waals surface area contributed by atoms with Crippen LogP contribution in [0.25, 0.3) is 0 Å². The normalized spacial score (nSPS) is 10.9. The summed E-state index contributed by atoms with van der Waals surface area (Å²) in [7, 11) is 0. The van der Waals surface area contributed by atoms with Crippen LogP contribution in [0.3, 0.4) is 0 Å². The molecule has 2 rings (SSSR count). The molecule has 1 heterocycles. The molecule has 2 nitrogen and oxygen atoms in total. The Bertz CT molecular complexity index is 540. The van der Waals surface area contributed by atoms with Crippen LogP contribution in [0.2, 0.25) is 5.02 Å². The van der Waals surface area contributed by atoms with Crippen LogP contribution in [-0.2, 0) is 6.54 Å². The predicted molar refractivity (Wildman–Crippen MR) is 84.4 cm³/mol. The number of aryl methyl sites for hydroxylation is 1. The Labute approximate surface area is 127 Å². The van der Waals surface area contributed by atoms with Gasteiger partial charge < -0.3 is 5.32 Å². The van der Waals surface area contributed by atoms with Crippen molar-refractivity contribution < 1.29 is 0 Å². The summed E-state index contributed by atoms with van der Waals surface area (Å²) < 4.78 is 1.07. The zero-order chi connectivity index (χ0) is 13.7. The van der Waals surface area contributed by atoms with Crippen LogP contribution in [-0.4, -0.2) is 11.5 Å². The average molecular weight is 313 g/mol. The summed E-state index contributed by atoms with van der Waals surface area (Å²) in [6, 6.07) is 6.06. The van der Waals surface area contributed by atoms with E-state index in [1.807, 2.05) is 19.1 Å². The lowest BCUT2D eigenvalue weighted by Gasteiger charge is -2.09. The van der Waals surface area contributed by atoms with E-state index in [4.69, 9.17) is 11.6 Å². The average Bonchev–Trinajstić information content (AvgIpc) is 2.78. The summed E-state index contributed by atoms with van der Waals surface area (Å²) in [6.45, 7) is 6.09. The first-order valence-electron chi connectivity index (χ1n) is 6.28. The third-order valence-electron chi connectivity index (χ3n) is 2.57. The van der Waals surface area contributed by atoms with Crippen molar-refractivity contribution in [3.63, 3.8) is 0 Å². The summed E-state index contributed by atoms with van der Waals surface area (Å²) in [5, 5.41) is 6.27. The van der Waals surface area contributed by atoms with Gasteiger partial charge in [-0.1, -0.05) is 36.4 Å². The van der Waals surface area contributed by atoms with Gasteiger partial charge in [0.15, 0.2) is 4.34 Å². The van der Waals surface area contributed by atoms with Crippen LogP contribution in [0.1, 0.15) is 24.6 Å². The maximum atomic E-state index is 6.10. The number of hydrogen-bond acceptors (Lipinski definition) is 4. The number of hydrogen-bond donors (Lipinski definition) is 1. The minimum Gasteiger partial charge on any atom is -0.313 e. The number of aromatic nitrogens is 1. The third kappa shape index (κ3) is 4.49. The van der Waals surface area contributed by atoms with Crippen molar-refractivity contribution in [3.8, 4) is 0 Å². The smallest absolute Gasteiger partial charge is 0.154 e. The monoisotopic (exact) mass is 312 g/mol. The first-order valence-corrected chi connectivity index (χ1v) is 8.35. The van der Waals surface area contributed by atoms with Gasteiger partial charge in [0, 0.05) is 27.5 Å². The standard InChI is InChI=1S/C14H17ClN2S2/c1-3-6-16-8-11-4-5-12(15)7-13(11)19-14-17-10(2)9-18-14/h4-5,7,9,16H,3,6,8H2,1-2H3. The van der Waals surface area contributed by atoms with E-state index in [-0.39, 0.29) is 0 Å². The van der Waals surface area contributed by atoms with Gasteiger partial charge in [0.25, 0.3) is 0 Å². The number of nitrogens with zero attached hydrogens (tertiary/aromatic N) is 1. The molecule has 0 radical (unpaired) electrons. The Morgan fingerprint density at radius 3 is 2.95 bits per heavy atom. The third-order valence-corrected chi connectivity index (χ3v) is 4.96. The summed E-state index contributed by atoms with van der Waals surface area (Å²) in [4.78, 5) is 5.68. The molecule has 19 heavy (non-hydrogen) atoms. The van der Waals surface area contributed by atoms with E-state index >= 15 is 0 Å². The van der Waals surface area contributed by atoms with Crippen molar-refractivity contribution in [1.82, 2.24) is 10.3 Å². The van der Waals surface area contributed by atoms with Crippen molar-refractivity contribution in [2.75, 3.05) is 6.54 Å². The van der Waals surface area contributed by atoms with Crippen LogP contribution in [0.15, 0.2) is 32.8 Å². The van der Waals surface area contributed by atoms with Gasteiger partial charge in [0.2, 0.25) is 0 Å². The maximum Gasteiger partial charge on any atom is 0.154 e. The van der Waals surface area contributed by atoms with Gasteiger partial charge >= 0.3 is 0 Å². The molecule has 0 saturated carbocycles. The molecule has 5 heteroatoms. The van der Waals surface area contributed by atoms with Crippen molar-refractivity contribution >= 4 is 34.7 Å². The maximum absolute atomic E-state index is 6.10. The highest BCUT2D eigenvalue weighted by molar-refractivity contribution is 8.01. The molecular formula is C14H17ClN2S2. The van der Waals surface area contributed by atoms with E-state index < -0.39 is 0 Å². The topological polar surface area (TPSA) is 24.9 Å². The number of benzene rings is 1. The number of halogens is 1. The number of thiazole rings is 1. The second kappa shape index (κ2) is 7.29. The predicted octanol–water partition coefficient (Wildman–Crippen LogP) is 4.76. The van der Waals surface area contributed by atoms with Crippen LogP contribution >= 0.6 is 34.7 Å². The van der Waals surface area contributed by atoms with Gasteiger partial charge in [-0.05, 0) is 37.6 Å². The van der Waals surface area contributed by atoms with Gasteiger partial charge in [-0.25, -0.2) is 4.98 Å². The van der Waals surface area contributed by atoms with Crippen molar-refractivity contribution in [2.24, 2.45) is 0 Å². The number of rotatable bonds is 6. The lowest BCUT2D eigenvalue weighted by atomic mass is 10.2. The zero-order valence-electron chi connectivity index (χ0n) is 11.1. The first kappa shape index (κ1) is 14.9. The SMILES string of the molecule is CCCNCc1ccc(Cl)cc1Sc1nc(C)cs1. The highest BCUT2D eigenvalue weighted by Gasteiger charge is 2.08. The highest BCUT2D eigenvalue weighted by atomic mass is 35.5. The molecule has 0 amide bonds. The summed E-state index contributed by atoms with van der Waals surface area (Å²) in [5.41, 5.74) is 2.34. The van der Waals surface area contributed by atoms with E-state index in [1.54, 1.807) is 23.1 Å². The Hall–Kier alpha value is -0.550. The van der Waals surface area contributed by atoms with Gasteiger partial charge in [0.05, 0.1) is 0 Å². The second-order valence-electron chi connectivity index (χ2n) is 4.29. The molecule has 102 valence electrons. The van der Waals surface area contributed by atoms with Crippen LogP contribution in [0.4, 0.5) is 0 Å². The van der Waals surface area contributed by atoms with Crippen molar-refractivity contribution in [1.29, 1.82) is 0 Å². The molecular weight excluding hydrogens is 296 g/mol. The summed E-state index contributed by atoms with van der Waals surface area (Å²) >= 11 is 9.46. The Morgan fingerprint density at radius 2 is 2.26 bits per heavy atom. The molecule has 1 aromatic heterocycles. The summed E-state index contributed by atoms with van der Waals surface area (Å²) in [6.07, 6.45) is 1.14. The van der Waals surface area contributed by atoms with Gasteiger partial charge in [-0.15, -0.1) is 11.3 Å². The molecule has 0 aliphatic heterocycles. The van der Waals surface area contributed by atoms with E-state index in [1.165, 1.54) is 10.5 Å². The molecule has 0 aliphatic rings. The molecule has 0 spiro atoms. The zero-order valence-corrected chi connectivity index (χ0v) is 13.5. The minimum atomic E-state index is 0.773. The number of nitrogens with one attached hydrogen (secondary N) is 1. The van der Waals surface area contributed by atoms with Gasteiger partial charge in [0.1, 0.15) is 0 Å².